The number of benzene rings is 3. The zero-order valence-corrected chi connectivity index (χ0v) is 17.1. The number of anilines is 1. The smallest absolute Gasteiger partial charge is 0.332 e. The van der Waals surface area contributed by atoms with E-state index in [2.05, 4.69) is 20.3 Å². The van der Waals surface area contributed by atoms with Crippen LogP contribution in [-0.4, -0.2) is 31.0 Å². The van der Waals surface area contributed by atoms with E-state index in [4.69, 9.17) is 4.74 Å². The highest BCUT2D eigenvalue weighted by molar-refractivity contribution is 5.91. The van der Waals surface area contributed by atoms with E-state index in [0.29, 0.717) is 29.2 Å². The Labute approximate surface area is 187 Å². The van der Waals surface area contributed by atoms with Crippen LogP contribution in [0.5, 0.6) is 17.2 Å². The topological polar surface area (TPSA) is 122 Å². The van der Waals surface area contributed by atoms with Crippen molar-refractivity contribution in [2.45, 2.75) is 0 Å². The third-order valence-electron chi connectivity index (χ3n) is 4.91. The van der Waals surface area contributed by atoms with Crippen LogP contribution < -0.4 is 15.7 Å². The minimum atomic E-state index is -0.481. The maximum atomic E-state index is 13.0. The summed E-state index contributed by atoms with van der Waals surface area (Å²) in [6, 6.07) is 22.6. The lowest BCUT2D eigenvalue weighted by atomic mass is 10.2. The van der Waals surface area contributed by atoms with Gasteiger partial charge in [0.15, 0.2) is 23.0 Å². The molecule has 0 aliphatic carbocycles. The van der Waals surface area contributed by atoms with Gasteiger partial charge in [-0.1, -0.05) is 42.5 Å². The summed E-state index contributed by atoms with van der Waals surface area (Å²) in [6.45, 7) is 0. The second-order valence-electron chi connectivity index (χ2n) is 7.06. The maximum Gasteiger partial charge on any atom is 0.332 e. The summed E-state index contributed by atoms with van der Waals surface area (Å²) in [4.78, 5) is 35.9. The number of imidazole rings is 1. The molecule has 0 spiro atoms. The van der Waals surface area contributed by atoms with Crippen molar-refractivity contribution < 1.29 is 14.6 Å². The number of aromatic nitrogens is 4. The van der Waals surface area contributed by atoms with Crippen molar-refractivity contribution in [2.24, 2.45) is 0 Å². The Morgan fingerprint density at radius 1 is 0.970 bits per heavy atom. The average Bonchev–Trinajstić information content (AvgIpc) is 3.16. The monoisotopic (exact) mass is 439 g/mol. The SMILES string of the molecule is O=CNc1nc(-c2cccc(O)c2)nc2c1[nH]c(=O)n2-c1ccccc1Oc1ccccc1. The number of para-hydroxylation sites is 3. The number of nitrogens with one attached hydrogen (secondary N) is 2. The van der Waals surface area contributed by atoms with E-state index in [0.717, 1.165) is 0 Å². The van der Waals surface area contributed by atoms with Crippen LogP contribution in [0.4, 0.5) is 5.82 Å². The van der Waals surface area contributed by atoms with Crippen molar-refractivity contribution in [1.29, 1.82) is 0 Å². The van der Waals surface area contributed by atoms with Crippen LogP contribution in [-0.2, 0) is 4.79 Å². The summed E-state index contributed by atoms with van der Waals surface area (Å²) in [7, 11) is 0. The highest BCUT2D eigenvalue weighted by Crippen LogP contribution is 2.31. The number of carbonyl (C=O) groups is 1. The van der Waals surface area contributed by atoms with Gasteiger partial charge in [0.2, 0.25) is 6.41 Å². The van der Waals surface area contributed by atoms with Crippen LogP contribution in [0.1, 0.15) is 0 Å². The zero-order valence-electron chi connectivity index (χ0n) is 17.1. The average molecular weight is 439 g/mol. The molecule has 3 aromatic carbocycles. The summed E-state index contributed by atoms with van der Waals surface area (Å²) in [5.74, 6) is 1.43. The molecule has 0 aliphatic rings. The van der Waals surface area contributed by atoms with E-state index in [1.54, 1.807) is 36.4 Å². The van der Waals surface area contributed by atoms with Crippen LogP contribution in [0.2, 0.25) is 0 Å². The van der Waals surface area contributed by atoms with Gasteiger partial charge < -0.3 is 20.1 Å². The highest BCUT2D eigenvalue weighted by atomic mass is 16.5. The molecule has 9 heteroatoms. The van der Waals surface area contributed by atoms with Gasteiger partial charge in [-0.25, -0.2) is 19.3 Å². The number of amides is 1. The highest BCUT2D eigenvalue weighted by Gasteiger charge is 2.20. The van der Waals surface area contributed by atoms with Crippen molar-refractivity contribution in [2.75, 3.05) is 5.32 Å². The Morgan fingerprint density at radius 2 is 1.76 bits per heavy atom. The van der Waals surface area contributed by atoms with E-state index in [1.165, 1.54) is 16.7 Å². The first-order valence-electron chi connectivity index (χ1n) is 9.99. The Hall–Kier alpha value is -4.92. The molecule has 0 radical (unpaired) electrons. The van der Waals surface area contributed by atoms with Crippen LogP contribution >= 0.6 is 0 Å². The number of aromatic hydroxyl groups is 1. The van der Waals surface area contributed by atoms with Crippen molar-refractivity contribution in [1.82, 2.24) is 19.5 Å². The summed E-state index contributed by atoms with van der Waals surface area (Å²) >= 11 is 0. The second kappa shape index (κ2) is 8.31. The van der Waals surface area contributed by atoms with Crippen molar-refractivity contribution >= 4 is 23.4 Å². The lowest BCUT2D eigenvalue weighted by Gasteiger charge is -2.12. The van der Waals surface area contributed by atoms with Gasteiger partial charge in [0.05, 0.1) is 5.69 Å². The molecule has 0 fully saturated rings. The number of phenols is 1. The fraction of sp³-hybridized carbons (Fsp3) is 0. The van der Waals surface area contributed by atoms with Gasteiger partial charge in [-0.3, -0.25) is 4.79 Å². The molecule has 0 saturated carbocycles. The van der Waals surface area contributed by atoms with Crippen LogP contribution in [0, 0.1) is 0 Å². The quantitative estimate of drug-likeness (QED) is 0.346. The molecule has 33 heavy (non-hydrogen) atoms. The number of hydrogen-bond acceptors (Lipinski definition) is 6. The summed E-state index contributed by atoms with van der Waals surface area (Å²) < 4.78 is 7.38. The van der Waals surface area contributed by atoms with Crippen molar-refractivity contribution in [3.8, 4) is 34.3 Å². The molecule has 1 amide bonds. The largest absolute Gasteiger partial charge is 0.508 e. The van der Waals surface area contributed by atoms with E-state index in [-0.39, 0.29) is 28.6 Å². The number of H-pyrrole nitrogens is 1. The molecule has 0 saturated heterocycles. The van der Waals surface area contributed by atoms with E-state index in [1.807, 2.05) is 30.3 Å². The van der Waals surface area contributed by atoms with Gasteiger partial charge in [-0.05, 0) is 36.4 Å². The second-order valence-corrected chi connectivity index (χ2v) is 7.06. The first-order valence-corrected chi connectivity index (χ1v) is 9.99. The number of fused-ring (bicyclic) bond motifs is 1. The fourth-order valence-electron chi connectivity index (χ4n) is 3.49. The summed E-state index contributed by atoms with van der Waals surface area (Å²) in [5, 5.41) is 12.4. The summed E-state index contributed by atoms with van der Waals surface area (Å²) in [6.07, 6.45) is 0.468. The molecule has 2 heterocycles. The number of phenolic OH excluding ortho intramolecular Hbond substituents is 1. The van der Waals surface area contributed by atoms with Crippen LogP contribution in [0.25, 0.3) is 28.2 Å². The van der Waals surface area contributed by atoms with Crippen LogP contribution in [0.3, 0.4) is 0 Å². The fourth-order valence-corrected chi connectivity index (χ4v) is 3.49. The zero-order chi connectivity index (χ0) is 22.8. The molecule has 0 unspecified atom stereocenters. The minimum absolute atomic E-state index is 0.0363. The molecule has 5 rings (SSSR count). The van der Waals surface area contributed by atoms with E-state index in [9.17, 15) is 14.7 Å². The van der Waals surface area contributed by atoms with E-state index >= 15 is 0 Å². The number of nitrogens with zero attached hydrogens (tertiary/aromatic N) is 3. The molecule has 162 valence electrons. The molecular weight excluding hydrogens is 422 g/mol. The van der Waals surface area contributed by atoms with Gasteiger partial charge in [0.1, 0.15) is 17.0 Å². The van der Waals surface area contributed by atoms with Gasteiger partial charge in [0, 0.05) is 5.56 Å². The molecule has 9 nitrogen and oxygen atoms in total. The third kappa shape index (κ3) is 3.79. The van der Waals surface area contributed by atoms with Gasteiger partial charge in [0.25, 0.3) is 0 Å². The number of hydrogen-bond donors (Lipinski definition) is 3. The lowest BCUT2D eigenvalue weighted by Crippen LogP contribution is -2.15. The summed E-state index contributed by atoms with van der Waals surface area (Å²) in [5.41, 5.74) is 0.979. The van der Waals surface area contributed by atoms with Crippen molar-refractivity contribution in [3.05, 3.63) is 89.3 Å². The molecule has 0 aliphatic heterocycles. The number of rotatable bonds is 6. The molecule has 0 bridgehead atoms. The molecule has 0 atom stereocenters. The normalized spacial score (nSPS) is 10.8. The molecule has 3 N–H and O–H groups in total. The molecule has 5 aromatic rings. The van der Waals surface area contributed by atoms with Gasteiger partial charge in [-0.2, -0.15) is 0 Å². The van der Waals surface area contributed by atoms with Crippen LogP contribution in [0.15, 0.2) is 83.7 Å². The predicted octanol–water partition coefficient (Wildman–Crippen LogP) is 3.84. The number of carbonyl (C=O) groups excluding carboxylic acids is 1. The van der Waals surface area contributed by atoms with Gasteiger partial charge in [-0.15, -0.1) is 0 Å². The van der Waals surface area contributed by atoms with Crippen molar-refractivity contribution in [3.63, 3.8) is 0 Å². The number of aromatic amines is 1. The Kier molecular flexibility index (Phi) is 5.04. The Balaban J connectivity index is 1.74. The van der Waals surface area contributed by atoms with E-state index < -0.39 is 5.69 Å². The Morgan fingerprint density at radius 3 is 2.55 bits per heavy atom. The molecular formula is C24H17N5O4. The molecule has 2 aromatic heterocycles. The third-order valence-corrected chi connectivity index (χ3v) is 4.91. The predicted molar refractivity (Wildman–Crippen MR) is 123 cm³/mol. The standard InChI is InChI=1S/C24H17N5O4/c30-14-25-22-20-23(28-21(27-22)15-7-6-8-16(31)13-15)29(24(32)26-20)18-11-4-5-12-19(18)33-17-9-2-1-3-10-17/h1-14,31H,(H,26,32)(H,25,27,28,30). The minimum Gasteiger partial charge on any atom is -0.508 e. The maximum absolute atomic E-state index is 13.0. The number of ether oxygens (including phenoxy) is 1. The first-order chi connectivity index (χ1) is 16.1. The first kappa shape index (κ1) is 20.0. The Bertz CT molecular complexity index is 1530. The van der Waals surface area contributed by atoms with Gasteiger partial charge >= 0.3 is 5.69 Å². The lowest BCUT2D eigenvalue weighted by molar-refractivity contribution is -0.105.